The van der Waals surface area contributed by atoms with E-state index >= 15 is 0 Å². The lowest BCUT2D eigenvalue weighted by molar-refractivity contribution is 0.311. The molecule has 1 heterocycles. The molecule has 1 aromatic carbocycles. The maximum atomic E-state index is 5.98. The highest BCUT2D eigenvalue weighted by Gasteiger charge is 2.02. The van der Waals surface area contributed by atoms with Crippen LogP contribution in [-0.2, 0) is 6.54 Å². The number of ether oxygens (including phenoxy) is 1. The van der Waals surface area contributed by atoms with Crippen LogP contribution in [0.25, 0.3) is 0 Å². The fourth-order valence-corrected chi connectivity index (χ4v) is 1.91. The van der Waals surface area contributed by atoms with E-state index < -0.39 is 0 Å². The molecule has 0 saturated carbocycles. The predicted octanol–water partition coefficient (Wildman–Crippen LogP) is 3.76. The number of halogens is 2. The summed E-state index contributed by atoms with van der Waals surface area (Å²) in [6.07, 6.45) is 1.65. The summed E-state index contributed by atoms with van der Waals surface area (Å²) in [4.78, 5) is 0. The Hall–Kier alpha value is -1.16. The number of benzene rings is 1. The van der Waals surface area contributed by atoms with Gasteiger partial charge in [0, 0.05) is 11.6 Å². The van der Waals surface area contributed by atoms with Gasteiger partial charge in [0.15, 0.2) is 0 Å². The Balaban J connectivity index is 1.69. The zero-order valence-electron chi connectivity index (χ0n) is 9.66. The molecule has 0 aliphatic rings. The first-order valence-corrected chi connectivity index (χ1v) is 6.32. The first kappa shape index (κ1) is 13.3. The van der Waals surface area contributed by atoms with Gasteiger partial charge in [-0.15, -0.1) is 0 Å². The van der Waals surface area contributed by atoms with Gasteiger partial charge in [0.25, 0.3) is 0 Å². The molecule has 0 atom stereocenters. The van der Waals surface area contributed by atoms with Crippen molar-refractivity contribution in [2.45, 2.75) is 6.54 Å². The molecule has 18 heavy (non-hydrogen) atoms. The van der Waals surface area contributed by atoms with Gasteiger partial charge in [0.1, 0.15) is 18.1 Å². The van der Waals surface area contributed by atoms with Crippen molar-refractivity contribution in [3.05, 3.63) is 52.4 Å². The van der Waals surface area contributed by atoms with Crippen LogP contribution in [0.5, 0.6) is 5.75 Å². The van der Waals surface area contributed by atoms with Crippen molar-refractivity contribution in [1.29, 1.82) is 0 Å². The molecule has 2 aromatic rings. The zero-order valence-corrected chi connectivity index (χ0v) is 11.2. The highest BCUT2D eigenvalue weighted by atomic mass is 35.5. The van der Waals surface area contributed by atoms with E-state index in [-0.39, 0.29) is 0 Å². The van der Waals surface area contributed by atoms with Crippen molar-refractivity contribution < 1.29 is 9.15 Å². The summed E-state index contributed by atoms with van der Waals surface area (Å²) in [5.41, 5.74) is 0. The van der Waals surface area contributed by atoms with Crippen molar-refractivity contribution in [1.82, 2.24) is 5.32 Å². The van der Waals surface area contributed by atoms with Gasteiger partial charge in [0.05, 0.1) is 17.8 Å². The summed E-state index contributed by atoms with van der Waals surface area (Å²) < 4.78 is 10.7. The Bertz CT molecular complexity index is 486. The van der Waals surface area contributed by atoms with Crippen LogP contribution in [0.4, 0.5) is 0 Å². The molecule has 0 amide bonds. The summed E-state index contributed by atoms with van der Waals surface area (Å²) in [5, 5.41) is 4.32. The van der Waals surface area contributed by atoms with Crippen molar-refractivity contribution >= 4 is 23.2 Å². The van der Waals surface area contributed by atoms with E-state index in [9.17, 15) is 0 Å². The molecule has 0 unspecified atom stereocenters. The number of hydrogen-bond donors (Lipinski definition) is 1. The number of nitrogens with one attached hydrogen (secondary N) is 1. The summed E-state index contributed by atoms with van der Waals surface area (Å²) in [7, 11) is 0. The number of furan rings is 1. The van der Waals surface area contributed by atoms with Crippen LogP contribution in [0, 0.1) is 0 Å². The lowest BCUT2D eigenvalue weighted by Gasteiger charge is -2.08. The quantitative estimate of drug-likeness (QED) is 0.821. The molecule has 5 heteroatoms. The standard InChI is InChI=1S/C13H13Cl2NO2/c14-10-3-4-13(12(15)8-10)18-7-5-16-9-11-2-1-6-17-11/h1-4,6,8,16H,5,7,9H2. The highest BCUT2D eigenvalue weighted by molar-refractivity contribution is 6.35. The third-order valence-corrected chi connectivity index (χ3v) is 2.84. The summed E-state index contributed by atoms with van der Waals surface area (Å²) in [6, 6.07) is 8.95. The molecule has 0 fully saturated rings. The van der Waals surface area contributed by atoms with Crippen molar-refractivity contribution in [2.75, 3.05) is 13.2 Å². The predicted molar refractivity (Wildman–Crippen MR) is 72.4 cm³/mol. The number of hydrogen-bond acceptors (Lipinski definition) is 3. The topological polar surface area (TPSA) is 34.4 Å². The van der Waals surface area contributed by atoms with Gasteiger partial charge >= 0.3 is 0 Å². The van der Waals surface area contributed by atoms with E-state index in [0.29, 0.717) is 35.5 Å². The maximum absolute atomic E-state index is 5.98. The Labute approximate surface area is 116 Å². The Kier molecular flexibility index (Phi) is 4.93. The van der Waals surface area contributed by atoms with Gasteiger partial charge in [-0.05, 0) is 30.3 Å². The van der Waals surface area contributed by atoms with Crippen LogP contribution in [0.2, 0.25) is 10.0 Å². The number of rotatable bonds is 6. The lowest BCUT2D eigenvalue weighted by atomic mass is 10.3. The van der Waals surface area contributed by atoms with Crippen molar-refractivity contribution in [3.63, 3.8) is 0 Å². The Morgan fingerprint density at radius 1 is 1.22 bits per heavy atom. The van der Waals surface area contributed by atoms with Crippen LogP contribution in [-0.4, -0.2) is 13.2 Å². The van der Waals surface area contributed by atoms with E-state index in [0.717, 1.165) is 5.76 Å². The van der Waals surface area contributed by atoms with Gasteiger partial charge < -0.3 is 14.5 Å². The minimum atomic E-state index is 0.522. The second-order valence-corrected chi connectivity index (χ2v) is 4.52. The van der Waals surface area contributed by atoms with Gasteiger partial charge in [-0.25, -0.2) is 0 Å². The average Bonchev–Trinajstić information content (AvgIpc) is 2.84. The normalized spacial score (nSPS) is 10.6. The van der Waals surface area contributed by atoms with Crippen molar-refractivity contribution in [3.8, 4) is 5.75 Å². The SMILES string of the molecule is Clc1ccc(OCCNCc2ccco2)c(Cl)c1. The minimum absolute atomic E-state index is 0.522. The third kappa shape index (κ3) is 3.95. The molecule has 2 rings (SSSR count). The first-order chi connectivity index (χ1) is 8.75. The summed E-state index contributed by atoms with van der Waals surface area (Å²) in [5.74, 6) is 1.54. The van der Waals surface area contributed by atoms with E-state index in [4.69, 9.17) is 32.4 Å². The fourth-order valence-electron chi connectivity index (χ4n) is 1.45. The molecule has 0 aliphatic heterocycles. The molecule has 0 saturated heterocycles. The Morgan fingerprint density at radius 2 is 2.11 bits per heavy atom. The van der Waals surface area contributed by atoms with Crippen LogP contribution in [0.3, 0.4) is 0 Å². The largest absolute Gasteiger partial charge is 0.491 e. The van der Waals surface area contributed by atoms with Gasteiger partial charge in [-0.1, -0.05) is 23.2 Å². The maximum Gasteiger partial charge on any atom is 0.138 e. The molecule has 0 radical (unpaired) electrons. The van der Waals surface area contributed by atoms with E-state index in [2.05, 4.69) is 5.32 Å². The molecular formula is C13H13Cl2NO2. The van der Waals surface area contributed by atoms with Crippen LogP contribution in [0.15, 0.2) is 41.0 Å². The van der Waals surface area contributed by atoms with E-state index in [1.807, 2.05) is 12.1 Å². The van der Waals surface area contributed by atoms with Crippen LogP contribution < -0.4 is 10.1 Å². The monoisotopic (exact) mass is 285 g/mol. The van der Waals surface area contributed by atoms with Crippen LogP contribution in [0.1, 0.15) is 5.76 Å². The van der Waals surface area contributed by atoms with E-state index in [1.165, 1.54) is 0 Å². The molecule has 1 N–H and O–H groups in total. The van der Waals surface area contributed by atoms with Crippen LogP contribution >= 0.6 is 23.2 Å². The van der Waals surface area contributed by atoms with Crippen molar-refractivity contribution in [2.24, 2.45) is 0 Å². The van der Waals surface area contributed by atoms with Gasteiger partial charge in [0.2, 0.25) is 0 Å². The summed E-state index contributed by atoms with van der Waals surface area (Å²) >= 11 is 11.8. The molecule has 96 valence electrons. The molecule has 1 aromatic heterocycles. The lowest BCUT2D eigenvalue weighted by Crippen LogP contribution is -2.20. The molecule has 0 spiro atoms. The zero-order chi connectivity index (χ0) is 12.8. The molecule has 3 nitrogen and oxygen atoms in total. The third-order valence-electron chi connectivity index (χ3n) is 2.31. The summed E-state index contributed by atoms with van der Waals surface area (Å²) in [6.45, 7) is 1.92. The molecule has 0 aliphatic carbocycles. The molecule has 0 bridgehead atoms. The second-order valence-electron chi connectivity index (χ2n) is 3.68. The van der Waals surface area contributed by atoms with E-state index in [1.54, 1.807) is 24.5 Å². The van der Waals surface area contributed by atoms with Gasteiger partial charge in [-0.2, -0.15) is 0 Å². The smallest absolute Gasteiger partial charge is 0.138 e. The first-order valence-electron chi connectivity index (χ1n) is 5.56. The average molecular weight is 286 g/mol. The highest BCUT2D eigenvalue weighted by Crippen LogP contribution is 2.27. The second kappa shape index (κ2) is 6.69. The Morgan fingerprint density at radius 3 is 2.83 bits per heavy atom. The minimum Gasteiger partial charge on any atom is -0.491 e. The van der Waals surface area contributed by atoms with Gasteiger partial charge in [-0.3, -0.25) is 0 Å². The molecular weight excluding hydrogens is 273 g/mol. The fraction of sp³-hybridized carbons (Fsp3) is 0.231.